The van der Waals surface area contributed by atoms with Crippen LogP contribution >= 0.6 is 0 Å². The van der Waals surface area contributed by atoms with Gasteiger partial charge in [0.1, 0.15) is 12.2 Å². The highest BCUT2D eigenvalue weighted by molar-refractivity contribution is 5.90. The van der Waals surface area contributed by atoms with Crippen molar-refractivity contribution in [3.8, 4) is 11.3 Å². The third-order valence-electron chi connectivity index (χ3n) is 3.57. The maximum atomic E-state index is 12.1. The lowest BCUT2D eigenvalue weighted by molar-refractivity contribution is -0.122. The number of aromatic nitrogens is 2. The number of anilines is 1. The van der Waals surface area contributed by atoms with Gasteiger partial charge in [0.15, 0.2) is 0 Å². The number of benzene rings is 1. The van der Waals surface area contributed by atoms with Crippen molar-refractivity contribution in [1.82, 2.24) is 14.7 Å². The van der Waals surface area contributed by atoms with Crippen molar-refractivity contribution < 1.29 is 18.0 Å². The average molecular weight is 361 g/mol. The van der Waals surface area contributed by atoms with E-state index in [4.69, 9.17) is 5.41 Å². The molecule has 0 aliphatic heterocycles. The van der Waals surface area contributed by atoms with E-state index >= 15 is 0 Å². The van der Waals surface area contributed by atoms with Gasteiger partial charge in [-0.05, 0) is 29.8 Å². The summed E-state index contributed by atoms with van der Waals surface area (Å²) in [4.78, 5) is 15.9. The summed E-state index contributed by atoms with van der Waals surface area (Å²) in [5.41, 5.74) is 3.20. The van der Waals surface area contributed by atoms with Gasteiger partial charge in [0.25, 0.3) is 0 Å². The minimum atomic E-state index is -4.47. The summed E-state index contributed by atoms with van der Waals surface area (Å²) in [5.74, 6) is 0. The lowest BCUT2D eigenvalue weighted by Gasteiger charge is -2.10. The number of rotatable bonds is 4. The molecule has 6 nitrogen and oxygen atoms in total. The van der Waals surface area contributed by atoms with Crippen LogP contribution in [0.25, 0.3) is 16.9 Å². The molecule has 0 bridgehead atoms. The molecule has 0 unspecified atom stereocenters. The van der Waals surface area contributed by atoms with Gasteiger partial charge in [0, 0.05) is 23.7 Å². The van der Waals surface area contributed by atoms with E-state index in [1.54, 1.807) is 54.1 Å². The van der Waals surface area contributed by atoms with Gasteiger partial charge in [-0.2, -0.15) is 13.2 Å². The van der Waals surface area contributed by atoms with Crippen LogP contribution in [0.15, 0.2) is 48.8 Å². The maximum Gasteiger partial charge on any atom is 0.405 e. The summed E-state index contributed by atoms with van der Waals surface area (Å²) in [6.45, 7) is -1.40. The molecule has 2 heterocycles. The number of alkyl halides is 3. The molecule has 0 saturated carbocycles. The van der Waals surface area contributed by atoms with Crippen molar-refractivity contribution in [3.05, 3.63) is 54.4 Å². The van der Waals surface area contributed by atoms with Gasteiger partial charge in [0.05, 0.1) is 11.9 Å². The Labute approximate surface area is 146 Å². The second-order valence-corrected chi connectivity index (χ2v) is 5.48. The van der Waals surface area contributed by atoms with E-state index < -0.39 is 18.8 Å². The Bertz CT molecular complexity index is 964. The maximum absolute atomic E-state index is 12.1. The molecule has 3 rings (SSSR count). The first-order valence-corrected chi connectivity index (χ1v) is 7.55. The number of nitrogens with one attached hydrogen (secondary N) is 3. The summed E-state index contributed by atoms with van der Waals surface area (Å²) in [7, 11) is 0. The normalized spacial score (nSPS) is 11.3. The Morgan fingerprint density at radius 2 is 2.08 bits per heavy atom. The molecule has 3 N–H and O–H groups in total. The van der Waals surface area contributed by atoms with Crippen LogP contribution in [0.3, 0.4) is 0 Å². The highest BCUT2D eigenvalue weighted by Gasteiger charge is 2.27. The van der Waals surface area contributed by atoms with Crippen molar-refractivity contribution in [3.63, 3.8) is 0 Å². The van der Waals surface area contributed by atoms with Crippen LogP contribution in [0.5, 0.6) is 0 Å². The van der Waals surface area contributed by atoms with Crippen molar-refractivity contribution in [2.24, 2.45) is 0 Å². The van der Waals surface area contributed by atoms with Gasteiger partial charge < -0.3 is 16.0 Å². The molecule has 0 fully saturated rings. The van der Waals surface area contributed by atoms with Crippen molar-refractivity contribution >= 4 is 23.6 Å². The molecule has 9 heteroatoms. The average Bonchev–Trinajstić information content (AvgIpc) is 3.02. The summed E-state index contributed by atoms with van der Waals surface area (Å²) in [6, 6.07) is 9.27. The Hall–Kier alpha value is -3.36. The van der Waals surface area contributed by atoms with E-state index in [2.05, 4.69) is 10.3 Å². The molecule has 0 aliphatic rings. The van der Waals surface area contributed by atoms with Crippen LogP contribution in [0.1, 0.15) is 5.56 Å². The minimum Gasteiger partial charge on any atom is -0.329 e. The molecule has 3 aromatic rings. The molecule has 0 atom stereocenters. The number of carbonyl (C=O) groups excluding carboxylic acids is 1. The number of pyridine rings is 1. The molecular weight excluding hydrogens is 347 g/mol. The number of hydrogen-bond acceptors (Lipinski definition) is 3. The van der Waals surface area contributed by atoms with Crippen molar-refractivity contribution in [2.75, 3.05) is 11.9 Å². The van der Waals surface area contributed by atoms with Crippen LogP contribution in [0, 0.1) is 5.41 Å². The second kappa shape index (κ2) is 6.87. The first kappa shape index (κ1) is 17.5. The molecule has 0 spiro atoms. The lowest BCUT2D eigenvalue weighted by Crippen LogP contribution is -2.36. The molecule has 0 saturated heterocycles. The number of hydrogen-bond donors (Lipinski definition) is 3. The third kappa shape index (κ3) is 4.00. The smallest absolute Gasteiger partial charge is 0.329 e. The molecular formula is C17H14F3N5O. The fraction of sp³-hybridized carbons (Fsp3) is 0.118. The predicted molar refractivity (Wildman–Crippen MR) is 91.6 cm³/mol. The van der Waals surface area contributed by atoms with Gasteiger partial charge in [-0.25, -0.2) is 9.78 Å². The zero-order valence-corrected chi connectivity index (χ0v) is 13.3. The number of fused-ring (bicyclic) bond motifs is 1. The molecule has 2 amide bonds. The molecule has 2 aromatic heterocycles. The summed E-state index contributed by atoms with van der Waals surface area (Å²) < 4.78 is 38.2. The standard InChI is InChI=1S/C17H14F3N5O/c18-17(19,20)10-23-16(26)24-13-3-1-2-12(7-13)14-9-22-15-6-11(8-21)4-5-25(14)15/h1-9,21H,10H2,(H2,23,24,26). The monoisotopic (exact) mass is 361 g/mol. The fourth-order valence-corrected chi connectivity index (χ4v) is 2.41. The zero-order chi connectivity index (χ0) is 18.7. The molecule has 0 aliphatic carbocycles. The Balaban J connectivity index is 1.81. The van der Waals surface area contributed by atoms with Crippen molar-refractivity contribution in [1.29, 1.82) is 5.41 Å². The van der Waals surface area contributed by atoms with Crippen LogP contribution in [0.2, 0.25) is 0 Å². The Kier molecular flexibility index (Phi) is 4.61. The molecule has 0 radical (unpaired) electrons. The number of halogens is 3. The number of urea groups is 1. The van der Waals surface area contributed by atoms with E-state index in [0.29, 0.717) is 16.9 Å². The first-order chi connectivity index (χ1) is 12.4. The highest BCUT2D eigenvalue weighted by atomic mass is 19.4. The number of carbonyl (C=O) groups is 1. The van der Waals surface area contributed by atoms with Crippen LogP contribution < -0.4 is 10.6 Å². The van der Waals surface area contributed by atoms with Crippen LogP contribution in [-0.2, 0) is 0 Å². The van der Waals surface area contributed by atoms with Gasteiger partial charge in [-0.3, -0.25) is 4.40 Å². The van der Waals surface area contributed by atoms with Crippen molar-refractivity contribution in [2.45, 2.75) is 6.18 Å². The summed E-state index contributed by atoms with van der Waals surface area (Å²) in [5, 5.41) is 11.4. The van der Waals surface area contributed by atoms with Gasteiger partial charge in [0.2, 0.25) is 0 Å². The highest BCUT2D eigenvalue weighted by Crippen LogP contribution is 2.24. The summed E-state index contributed by atoms with van der Waals surface area (Å²) in [6.07, 6.45) is 0.170. The number of imidazole rings is 1. The summed E-state index contributed by atoms with van der Waals surface area (Å²) >= 11 is 0. The molecule has 1 aromatic carbocycles. The van der Waals surface area contributed by atoms with Gasteiger partial charge in [-0.1, -0.05) is 12.1 Å². The van der Waals surface area contributed by atoms with E-state index in [1.165, 1.54) is 6.21 Å². The lowest BCUT2D eigenvalue weighted by atomic mass is 10.1. The SMILES string of the molecule is N=Cc1ccn2c(-c3cccc(NC(=O)NCC(F)(F)F)c3)cnc2c1. The van der Waals surface area contributed by atoms with Gasteiger partial charge >= 0.3 is 12.2 Å². The zero-order valence-electron chi connectivity index (χ0n) is 13.3. The Morgan fingerprint density at radius 3 is 2.81 bits per heavy atom. The quantitative estimate of drug-likeness (QED) is 0.620. The van der Waals surface area contributed by atoms with E-state index in [9.17, 15) is 18.0 Å². The Morgan fingerprint density at radius 1 is 1.27 bits per heavy atom. The first-order valence-electron chi connectivity index (χ1n) is 7.55. The van der Waals surface area contributed by atoms with E-state index in [0.717, 1.165) is 11.3 Å². The largest absolute Gasteiger partial charge is 0.405 e. The number of amides is 2. The van der Waals surface area contributed by atoms with Crippen LogP contribution in [-0.4, -0.2) is 34.4 Å². The second-order valence-electron chi connectivity index (χ2n) is 5.48. The molecule has 134 valence electrons. The predicted octanol–water partition coefficient (Wildman–Crippen LogP) is 3.68. The number of nitrogens with zero attached hydrogens (tertiary/aromatic N) is 2. The third-order valence-corrected chi connectivity index (χ3v) is 3.57. The fourth-order valence-electron chi connectivity index (χ4n) is 2.41. The van der Waals surface area contributed by atoms with Gasteiger partial charge in [-0.15, -0.1) is 0 Å². The van der Waals surface area contributed by atoms with Crippen LogP contribution in [0.4, 0.5) is 23.7 Å². The van der Waals surface area contributed by atoms with E-state index in [-0.39, 0.29) is 0 Å². The van der Waals surface area contributed by atoms with E-state index in [1.807, 2.05) is 4.40 Å². The molecule has 26 heavy (non-hydrogen) atoms. The topological polar surface area (TPSA) is 82.3 Å². The minimum absolute atomic E-state index is 0.355.